The van der Waals surface area contributed by atoms with Crippen LogP contribution < -0.4 is 27.7 Å². The zero-order valence-electron chi connectivity index (χ0n) is 54.4. The number of aromatic nitrogens is 9. The van der Waals surface area contributed by atoms with Crippen molar-refractivity contribution < 1.29 is 23.9 Å². The third-order valence-electron chi connectivity index (χ3n) is 14.6. The van der Waals surface area contributed by atoms with Crippen molar-refractivity contribution in [2.75, 3.05) is 64.0 Å². The standard InChI is InChI=1S/C20H15N5O.C13H11BrN4O.C12H19NO5.C11H10BrN3O.C7H5N.C5H5BrN2.C2H2BrN/c21-8-12-24-10-7-18-17(14-24)20(26)25-11-6-15(13-19(25)23-18)4-5-16-3-1-2-9-22-16;14-9-1-5-18-12(7-9)16-11-2-4-17(6-3-15)8-10(11)13(18)19;1-12(2,3)18-11(16)13-6-5-9(14)8(7-13)10(15)17-4;12-7-2-4-15-10(5-7)14-9-1-3-13-6-8(9)11(15)16;1-2-7-5-3-4-6-8-7;6-4-1-2-8-5(7)3-4;3-1-2-4/h1-3,6,9,11,13H,7,10,12,14H2;1,5,7H,2,4,6,8H2;8H,5-7H2,1-4H3;2,4-5,13H,1,3,6H2;1,3-6H;1-3H,(H2,7,8);1H2. The van der Waals surface area contributed by atoms with E-state index in [1.165, 1.54) is 12.0 Å². The Morgan fingerprint density at radius 3 is 1.63 bits per heavy atom. The van der Waals surface area contributed by atoms with Crippen molar-refractivity contribution >= 4 is 104 Å². The summed E-state index contributed by atoms with van der Waals surface area (Å²) < 4.78 is 17.2. The summed E-state index contributed by atoms with van der Waals surface area (Å²) in [6, 6.07) is 31.7. The van der Waals surface area contributed by atoms with Crippen LogP contribution in [0.1, 0.15) is 77.9 Å². The van der Waals surface area contributed by atoms with E-state index >= 15 is 0 Å². The van der Waals surface area contributed by atoms with E-state index < -0.39 is 23.6 Å². The number of ether oxygens (including phenoxy) is 2. The monoisotopic (exact) mass is 1590 g/mol. The molecular formula is C70H67Br4N17O8. The van der Waals surface area contributed by atoms with Crippen LogP contribution in [-0.4, -0.2) is 140 Å². The number of carbonyl (C=O) groups excluding carboxylic acids is 3. The number of nitrogens with two attached hydrogens (primary N) is 1. The van der Waals surface area contributed by atoms with Gasteiger partial charge in [-0.2, -0.15) is 15.8 Å². The van der Waals surface area contributed by atoms with Crippen LogP contribution in [0.25, 0.3) is 16.9 Å². The van der Waals surface area contributed by atoms with Crippen molar-refractivity contribution in [2.24, 2.45) is 5.92 Å². The second kappa shape index (κ2) is 37.7. The van der Waals surface area contributed by atoms with Crippen LogP contribution in [0.3, 0.4) is 0 Å². The Balaban J connectivity index is 0.000000171. The quantitative estimate of drug-likeness (QED) is 0.0553. The number of pyridine rings is 6. The lowest BCUT2D eigenvalue weighted by Crippen LogP contribution is -2.48. The molecule has 4 aliphatic rings. The smallest absolute Gasteiger partial charge is 0.410 e. The van der Waals surface area contributed by atoms with E-state index in [2.05, 4.69) is 134 Å². The number of ketones is 1. The van der Waals surface area contributed by atoms with E-state index in [0.717, 1.165) is 74.1 Å². The fraction of sp³-hybridized carbons (Fsp3) is 0.300. The van der Waals surface area contributed by atoms with Gasteiger partial charge in [-0.1, -0.05) is 87.7 Å². The van der Waals surface area contributed by atoms with E-state index in [1.54, 1.807) is 89.4 Å². The number of amides is 1. The number of hydrogen-bond acceptors (Lipinski definition) is 21. The van der Waals surface area contributed by atoms with Gasteiger partial charge in [0.15, 0.2) is 5.78 Å². The van der Waals surface area contributed by atoms with Gasteiger partial charge < -0.3 is 25.4 Å². The third-order valence-corrected chi connectivity index (χ3v) is 16.4. The summed E-state index contributed by atoms with van der Waals surface area (Å²) >= 11 is 12.9. The SMILES string of the molecule is C#Cc1ccccn1.COC(=O)C1CN(C(=O)OC(C)(C)C)CCC1=O.N#CCBr.N#CCN1CCc2nc3cc(Br)ccn3c(=O)c2C1.N#CCN1CCc2nc3cc(C#Cc4ccccn4)ccn3c(=O)c2C1.Nc1cc(Br)ccn1.O=c1c2c(nc3cc(Br)ccn13)CCNC2. The van der Waals surface area contributed by atoms with Gasteiger partial charge in [0.1, 0.15) is 45.7 Å². The van der Waals surface area contributed by atoms with Gasteiger partial charge in [-0.3, -0.25) is 47.0 Å². The predicted molar refractivity (Wildman–Crippen MR) is 385 cm³/mol. The van der Waals surface area contributed by atoms with Gasteiger partial charge in [-0.05, 0) is 99.5 Å². The molecule has 9 aromatic rings. The third kappa shape index (κ3) is 22.6. The number of nitrogens with zero attached hydrogens (tertiary/aromatic N) is 15. The van der Waals surface area contributed by atoms with Crippen molar-refractivity contribution in [1.29, 1.82) is 15.8 Å². The van der Waals surface area contributed by atoms with Gasteiger partial charge in [0, 0.05) is 134 Å². The first-order chi connectivity index (χ1) is 47.6. The summed E-state index contributed by atoms with van der Waals surface area (Å²) in [5.41, 5.74) is 13.6. The molecule has 1 amide bonds. The zero-order valence-corrected chi connectivity index (χ0v) is 60.7. The molecule has 29 heteroatoms. The molecule has 4 aliphatic heterocycles. The number of piperidine rings is 1. The highest BCUT2D eigenvalue weighted by Gasteiger charge is 2.37. The zero-order chi connectivity index (χ0) is 71.6. The maximum atomic E-state index is 12.8. The van der Waals surface area contributed by atoms with Gasteiger partial charge in [0.05, 0.1) is 77.5 Å². The molecule has 0 aliphatic carbocycles. The Hall–Kier alpha value is -9.87. The van der Waals surface area contributed by atoms with Crippen LogP contribution in [-0.2, 0) is 58.0 Å². The number of hydrogen-bond donors (Lipinski definition) is 2. The Labute approximate surface area is 604 Å². The molecule has 1 unspecified atom stereocenters. The lowest BCUT2D eigenvalue weighted by Gasteiger charge is -2.32. The first kappa shape index (κ1) is 76.5. The average Bonchev–Trinajstić information content (AvgIpc) is 0.790. The number of anilines is 1. The van der Waals surface area contributed by atoms with E-state index in [0.29, 0.717) is 89.7 Å². The highest BCUT2D eigenvalue weighted by molar-refractivity contribution is 9.11. The summed E-state index contributed by atoms with van der Waals surface area (Å²) in [5, 5.41) is 28.8. The van der Waals surface area contributed by atoms with E-state index in [9.17, 15) is 28.8 Å². The molecule has 0 spiro atoms. The topological polar surface area (TPSA) is 331 Å². The molecule has 1 atom stereocenters. The average molecular weight is 1590 g/mol. The molecule has 25 nitrogen and oxygen atoms in total. The Bertz CT molecular complexity index is 4780. The highest BCUT2D eigenvalue weighted by Crippen LogP contribution is 2.21. The minimum Gasteiger partial charge on any atom is -0.468 e. The second-order valence-electron chi connectivity index (χ2n) is 22.7. The summed E-state index contributed by atoms with van der Waals surface area (Å²) in [6.07, 6.45) is 17.1. The summed E-state index contributed by atoms with van der Waals surface area (Å²) in [6.45, 7) is 10.3. The van der Waals surface area contributed by atoms with E-state index in [1.807, 2.05) is 82.6 Å². The molecule has 508 valence electrons. The normalized spacial score (nSPS) is 14.2. The first-order valence-electron chi connectivity index (χ1n) is 30.6. The van der Waals surface area contributed by atoms with Gasteiger partial charge in [-0.15, -0.1) is 6.42 Å². The molecule has 1 fully saturated rings. The van der Waals surface area contributed by atoms with Crippen LogP contribution in [0.5, 0.6) is 0 Å². The van der Waals surface area contributed by atoms with Crippen LogP contribution in [0, 0.1) is 64.1 Å². The number of likely N-dealkylation sites (tertiary alicyclic amines) is 1. The molecule has 0 bridgehead atoms. The van der Waals surface area contributed by atoms with Crippen molar-refractivity contribution in [3.8, 4) is 42.4 Å². The fourth-order valence-corrected chi connectivity index (χ4v) is 10.9. The Kier molecular flexibility index (Phi) is 29.2. The van der Waals surface area contributed by atoms with Gasteiger partial charge in [0.25, 0.3) is 16.7 Å². The number of carbonyl (C=O) groups is 3. The fourth-order valence-electron chi connectivity index (χ4n) is 9.94. The van der Waals surface area contributed by atoms with Crippen molar-refractivity contribution in [2.45, 2.75) is 71.7 Å². The van der Waals surface area contributed by atoms with Crippen molar-refractivity contribution in [3.05, 3.63) is 217 Å². The van der Waals surface area contributed by atoms with Gasteiger partial charge in [0.2, 0.25) is 0 Å². The molecule has 13 rings (SSSR count). The maximum Gasteiger partial charge on any atom is 0.410 e. The number of alkyl halides is 1. The van der Waals surface area contributed by atoms with Crippen LogP contribution in [0.2, 0.25) is 0 Å². The molecule has 1 saturated heterocycles. The molecule has 99 heavy (non-hydrogen) atoms. The van der Waals surface area contributed by atoms with Crippen molar-refractivity contribution in [3.63, 3.8) is 0 Å². The number of esters is 1. The summed E-state index contributed by atoms with van der Waals surface area (Å²) in [5.74, 6) is 7.34. The number of Topliss-reactive ketones (excluding diaryl/α,β-unsaturated/α-hetero) is 1. The lowest BCUT2D eigenvalue weighted by molar-refractivity contribution is -0.151. The number of terminal acetylenes is 1. The minimum atomic E-state index is -0.892. The van der Waals surface area contributed by atoms with E-state index in [-0.39, 0.29) is 42.0 Å². The largest absolute Gasteiger partial charge is 0.468 e. The number of nitrogen functional groups attached to an aromatic ring is 1. The number of methoxy groups -OCH3 is 1. The van der Waals surface area contributed by atoms with Gasteiger partial charge >= 0.3 is 12.1 Å². The highest BCUT2D eigenvalue weighted by atomic mass is 79.9. The first-order valence-corrected chi connectivity index (χ1v) is 34.1. The number of nitriles is 3. The number of rotatable bonds is 3. The van der Waals surface area contributed by atoms with Crippen LogP contribution >= 0.6 is 63.7 Å². The molecule has 13 heterocycles. The maximum absolute atomic E-state index is 12.8. The van der Waals surface area contributed by atoms with E-state index in [4.69, 9.17) is 32.7 Å². The Morgan fingerprint density at radius 2 is 1.16 bits per heavy atom. The molecule has 9 aromatic heterocycles. The molecule has 0 radical (unpaired) electrons. The predicted octanol–water partition coefficient (Wildman–Crippen LogP) is 8.19. The summed E-state index contributed by atoms with van der Waals surface area (Å²) in [4.78, 5) is 103. The Morgan fingerprint density at radius 1 is 0.646 bits per heavy atom. The van der Waals surface area contributed by atoms with Crippen molar-refractivity contribution in [1.82, 2.24) is 63.1 Å². The van der Waals surface area contributed by atoms with Crippen LogP contribution in [0.4, 0.5) is 10.6 Å². The minimum absolute atomic E-state index is 0.0282. The number of nitrogens with one attached hydrogen (secondary N) is 1. The molecule has 0 aromatic carbocycles. The second-order valence-corrected chi connectivity index (χ2v) is 26.0. The number of fused-ring (bicyclic) bond motifs is 6. The lowest BCUT2D eigenvalue weighted by atomic mass is 9.97. The molecular weight excluding hydrogens is 1530 g/mol. The molecule has 0 saturated carbocycles. The number of halogens is 4. The molecule has 3 N–H and O–H groups in total. The van der Waals surface area contributed by atoms with Crippen LogP contribution in [0.15, 0.2) is 150 Å². The van der Waals surface area contributed by atoms with Gasteiger partial charge in [-0.25, -0.2) is 34.7 Å². The summed E-state index contributed by atoms with van der Waals surface area (Å²) in [7, 11) is 1.22.